The van der Waals surface area contributed by atoms with Crippen LogP contribution in [0, 0.1) is 10.1 Å². The lowest BCUT2D eigenvalue weighted by atomic mass is 9.82. The van der Waals surface area contributed by atoms with Crippen LogP contribution in [0.3, 0.4) is 0 Å². The van der Waals surface area contributed by atoms with Crippen LogP contribution in [0.1, 0.15) is 18.1 Å². The number of carbonyl (C=O) groups is 1. The van der Waals surface area contributed by atoms with Crippen LogP contribution in [0.25, 0.3) is 5.53 Å². The third kappa shape index (κ3) is 3.45. The molecule has 0 aromatic heterocycles. The van der Waals surface area contributed by atoms with E-state index in [0.717, 1.165) is 0 Å². The van der Waals surface area contributed by atoms with Gasteiger partial charge in [-0.25, -0.2) is 4.79 Å². The summed E-state index contributed by atoms with van der Waals surface area (Å²) in [6.45, 7) is 1.59. The fourth-order valence-corrected chi connectivity index (χ4v) is 2.40. The Morgan fingerprint density at radius 3 is 2.24 bits per heavy atom. The highest BCUT2D eigenvalue weighted by molar-refractivity contribution is 6.37. The lowest BCUT2D eigenvalue weighted by molar-refractivity contribution is -0.384. The van der Waals surface area contributed by atoms with Gasteiger partial charge in [0.25, 0.3) is 5.69 Å². The van der Waals surface area contributed by atoms with Crippen molar-refractivity contribution in [2.75, 3.05) is 6.61 Å². The van der Waals surface area contributed by atoms with E-state index < -0.39 is 22.2 Å². The molecule has 0 aliphatic heterocycles. The first kappa shape index (κ1) is 18.0. The molecule has 128 valence electrons. The number of esters is 1. The van der Waals surface area contributed by atoms with Crippen LogP contribution in [-0.4, -0.2) is 33.1 Å². The summed E-state index contributed by atoms with van der Waals surface area (Å²) in [7, 11) is 0. The maximum atomic E-state index is 12.2. The van der Waals surface area contributed by atoms with Crippen molar-refractivity contribution in [3.63, 3.8) is 0 Å². The van der Waals surface area contributed by atoms with Crippen molar-refractivity contribution in [2.45, 2.75) is 12.5 Å². The number of non-ortho nitro benzene ring substituents is 1. The van der Waals surface area contributed by atoms with Crippen LogP contribution in [0.5, 0.6) is 0 Å². The number of nitrogens with zero attached hydrogens (tertiary/aromatic N) is 3. The molecule has 8 nitrogen and oxygen atoms in total. The second-order valence-corrected chi connectivity index (χ2v) is 5.05. The molecule has 0 saturated carbocycles. The first-order chi connectivity index (χ1) is 11.9. The van der Waals surface area contributed by atoms with E-state index in [1.54, 1.807) is 25.1 Å². The summed E-state index contributed by atoms with van der Waals surface area (Å²) in [4.78, 5) is 25.3. The van der Waals surface area contributed by atoms with Crippen molar-refractivity contribution in [1.82, 2.24) is 0 Å². The molecule has 2 aromatic carbocycles. The second kappa shape index (κ2) is 7.48. The van der Waals surface area contributed by atoms with Crippen molar-refractivity contribution in [3.05, 3.63) is 81.4 Å². The van der Waals surface area contributed by atoms with Crippen LogP contribution >= 0.6 is 0 Å². The van der Waals surface area contributed by atoms with Gasteiger partial charge in [-0.15, -0.1) is 0 Å². The monoisotopic (exact) mass is 341 g/mol. The highest BCUT2D eigenvalue weighted by atomic mass is 16.6. The van der Waals surface area contributed by atoms with E-state index in [1.807, 2.05) is 0 Å². The van der Waals surface area contributed by atoms with E-state index in [1.165, 1.54) is 36.4 Å². The van der Waals surface area contributed by atoms with Gasteiger partial charge in [0.1, 0.15) is 0 Å². The number of ether oxygens (including phenoxy) is 1. The standard InChI is InChI=1S/C17H15N3O5/c1-2-25-16(21)15(19-18)17(22,12-6-4-3-5-7-12)13-8-10-14(11-9-13)20(23)24/h3-11,22H,2H2,1H3. The zero-order chi connectivity index (χ0) is 18.4. The molecule has 0 saturated heterocycles. The molecule has 0 aliphatic rings. The third-order valence-corrected chi connectivity index (χ3v) is 3.60. The Labute approximate surface area is 143 Å². The van der Waals surface area contributed by atoms with Crippen LogP contribution < -0.4 is 0 Å². The molecule has 2 rings (SSSR count). The number of benzene rings is 2. The highest BCUT2D eigenvalue weighted by Crippen LogP contribution is 2.32. The molecule has 0 bridgehead atoms. The minimum Gasteiger partial charge on any atom is -0.457 e. The van der Waals surface area contributed by atoms with E-state index in [9.17, 15) is 25.5 Å². The molecule has 0 heterocycles. The summed E-state index contributed by atoms with van der Waals surface area (Å²) in [5, 5.41) is 22.1. The van der Waals surface area contributed by atoms with Crippen LogP contribution in [0.15, 0.2) is 54.6 Å². The molecule has 0 amide bonds. The fourth-order valence-electron chi connectivity index (χ4n) is 2.40. The fraction of sp³-hybridized carbons (Fsp3) is 0.176. The van der Waals surface area contributed by atoms with Gasteiger partial charge >= 0.3 is 11.7 Å². The largest absolute Gasteiger partial charge is 0.457 e. The van der Waals surface area contributed by atoms with Crippen molar-refractivity contribution in [1.29, 1.82) is 0 Å². The van der Waals surface area contributed by atoms with E-state index in [4.69, 9.17) is 4.74 Å². The Bertz CT molecular complexity index is 829. The number of aliphatic hydroxyl groups is 1. The molecule has 8 heteroatoms. The van der Waals surface area contributed by atoms with E-state index in [0.29, 0.717) is 0 Å². The Morgan fingerprint density at radius 1 is 1.20 bits per heavy atom. The molecule has 1 N–H and O–H groups in total. The average molecular weight is 341 g/mol. The summed E-state index contributed by atoms with van der Waals surface area (Å²) >= 11 is 0. The molecular formula is C17H15N3O5. The Hall–Kier alpha value is -3.35. The summed E-state index contributed by atoms with van der Waals surface area (Å²) in [5.74, 6) is -1.00. The van der Waals surface area contributed by atoms with Crippen molar-refractivity contribution >= 4 is 17.4 Å². The smallest absolute Gasteiger partial charge is 0.421 e. The minimum absolute atomic E-state index is 0.0168. The maximum Gasteiger partial charge on any atom is 0.421 e. The first-order valence-electron chi connectivity index (χ1n) is 7.37. The number of hydrogen-bond donors (Lipinski definition) is 1. The summed E-state index contributed by atoms with van der Waals surface area (Å²) in [5.41, 5.74) is 6.73. The number of hydrogen-bond acceptors (Lipinski definition) is 5. The van der Waals surface area contributed by atoms with Crippen LogP contribution in [0.2, 0.25) is 0 Å². The van der Waals surface area contributed by atoms with Gasteiger partial charge in [0.2, 0.25) is 5.60 Å². The lowest BCUT2D eigenvalue weighted by Gasteiger charge is -2.23. The summed E-state index contributed by atoms with van der Waals surface area (Å²) in [6, 6.07) is 13.0. The van der Waals surface area contributed by atoms with Gasteiger partial charge in [0.15, 0.2) is 0 Å². The number of rotatable bonds is 6. The number of nitro benzene ring substituents is 1. The quantitative estimate of drug-likeness (QED) is 0.215. The predicted octanol–water partition coefficient (Wildman–Crippen LogP) is 2.06. The van der Waals surface area contributed by atoms with Gasteiger partial charge < -0.3 is 15.4 Å². The molecule has 0 spiro atoms. The molecule has 0 fully saturated rings. The van der Waals surface area contributed by atoms with Gasteiger partial charge in [-0.05, 0) is 19.1 Å². The van der Waals surface area contributed by atoms with E-state index >= 15 is 0 Å². The minimum atomic E-state index is -2.14. The molecular weight excluding hydrogens is 326 g/mol. The van der Waals surface area contributed by atoms with Gasteiger partial charge in [-0.3, -0.25) is 10.1 Å². The number of carbonyl (C=O) groups excluding carboxylic acids is 1. The van der Waals surface area contributed by atoms with Gasteiger partial charge in [-0.2, -0.15) is 4.79 Å². The third-order valence-electron chi connectivity index (χ3n) is 3.60. The summed E-state index contributed by atoms with van der Waals surface area (Å²) < 4.78 is 4.85. The maximum absolute atomic E-state index is 12.2. The summed E-state index contributed by atoms with van der Waals surface area (Å²) in [6.07, 6.45) is 0. The Morgan fingerprint density at radius 2 is 1.76 bits per heavy atom. The average Bonchev–Trinajstić information content (AvgIpc) is 2.63. The molecule has 0 radical (unpaired) electrons. The van der Waals surface area contributed by atoms with E-state index in [2.05, 4.69) is 4.79 Å². The van der Waals surface area contributed by atoms with E-state index in [-0.39, 0.29) is 23.4 Å². The zero-order valence-electron chi connectivity index (χ0n) is 13.3. The van der Waals surface area contributed by atoms with Crippen molar-refractivity contribution in [3.8, 4) is 0 Å². The van der Waals surface area contributed by atoms with Crippen molar-refractivity contribution < 1.29 is 24.4 Å². The van der Waals surface area contributed by atoms with Gasteiger partial charge in [0.05, 0.1) is 11.5 Å². The molecule has 25 heavy (non-hydrogen) atoms. The van der Waals surface area contributed by atoms with Crippen molar-refractivity contribution in [2.24, 2.45) is 0 Å². The zero-order valence-corrected chi connectivity index (χ0v) is 13.3. The van der Waals surface area contributed by atoms with Gasteiger partial charge in [0, 0.05) is 23.3 Å². The molecule has 2 aromatic rings. The predicted molar refractivity (Wildman–Crippen MR) is 87.8 cm³/mol. The molecule has 0 aliphatic carbocycles. The topological polar surface area (TPSA) is 126 Å². The second-order valence-electron chi connectivity index (χ2n) is 5.05. The highest BCUT2D eigenvalue weighted by Gasteiger charge is 2.49. The SMILES string of the molecule is CCOC(=O)C(=[N+]=[N-])C(O)(c1ccccc1)c1ccc([N+](=O)[O-])cc1. The first-order valence-corrected chi connectivity index (χ1v) is 7.37. The lowest BCUT2D eigenvalue weighted by Crippen LogP contribution is -2.43. The van der Waals surface area contributed by atoms with Crippen LogP contribution in [0.4, 0.5) is 5.69 Å². The normalized spacial score (nSPS) is 12.6. The van der Waals surface area contributed by atoms with Crippen LogP contribution in [-0.2, 0) is 15.1 Å². The Kier molecular flexibility index (Phi) is 5.38. The number of nitro groups is 1. The molecule has 1 unspecified atom stereocenters. The van der Waals surface area contributed by atoms with Gasteiger partial charge in [-0.1, -0.05) is 30.3 Å². The molecule has 1 atom stereocenters. The Balaban J connectivity index is 2.66.